The Morgan fingerprint density at radius 3 is 2.17 bits per heavy atom. The summed E-state index contributed by atoms with van der Waals surface area (Å²) in [5.41, 5.74) is 0.909. The van der Waals surface area contributed by atoms with Gasteiger partial charge in [-0.15, -0.1) is 0 Å². The number of hydrogen-bond acceptors (Lipinski definition) is 5. The molecule has 3 aromatic rings. The first kappa shape index (κ1) is 20.9. The first-order valence-corrected chi connectivity index (χ1v) is 11.2. The summed E-state index contributed by atoms with van der Waals surface area (Å²) < 4.78 is 32.4. The zero-order chi connectivity index (χ0) is 21.2. The molecule has 0 atom stereocenters. The molecule has 9 heteroatoms. The van der Waals surface area contributed by atoms with Crippen molar-refractivity contribution in [1.29, 1.82) is 0 Å². The number of halogens is 1. The highest BCUT2D eigenvalue weighted by molar-refractivity contribution is 9.10. The van der Waals surface area contributed by atoms with Crippen LogP contribution in [-0.4, -0.2) is 24.6 Å². The minimum atomic E-state index is -3.69. The molecule has 0 saturated carbocycles. The van der Waals surface area contributed by atoms with Gasteiger partial charge in [0, 0.05) is 10.0 Å². The van der Waals surface area contributed by atoms with E-state index in [0.29, 0.717) is 26.4 Å². The minimum absolute atomic E-state index is 0.118. The van der Waals surface area contributed by atoms with Crippen molar-refractivity contribution in [3.63, 3.8) is 0 Å². The molecule has 2 aromatic carbocycles. The van der Waals surface area contributed by atoms with Crippen LogP contribution in [0.5, 0.6) is 11.5 Å². The topological polar surface area (TPSA) is 88.8 Å². The number of aromatic nitrogens is 1. The molecule has 1 aromatic heterocycles. The average Bonchev–Trinajstić information content (AvgIpc) is 2.65. The van der Waals surface area contributed by atoms with Gasteiger partial charge in [-0.25, -0.2) is 8.42 Å². The van der Waals surface area contributed by atoms with Crippen LogP contribution in [0.3, 0.4) is 0 Å². The third kappa shape index (κ3) is 5.18. The van der Waals surface area contributed by atoms with E-state index < -0.39 is 15.6 Å². The zero-order valence-electron chi connectivity index (χ0n) is 15.7. The Balaban J connectivity index is 1.88. The van der Waals surface area contributed by atoms with Gasteiger partial charge in [-0.05, 0) is 65.3 Å². The number of hydrogen-bond donors (Lipinski definition) is 1. The van der Waals surface area contributed by atoms with Crippen molar-refractivity contribution in [1.82, 2.24) is 4.73 Å². The molecule has 0 radical (unpaired) electrons. The Morgan fingerprint density at radius 2 is 1.62 bits per heavy atom. The van der Waals surface area contributed by atoms with E-state index in [1.54, 1.807) is 24.3 Å². The number of sulfonamides is 1. The molecule has 0 aliphatic heterocycles. The third-order valence-corrected chi connectivity index (χ3v) is 5.71. The maximum absolute atomic E-state index is 12.3. The van der Waals surface area contributed by atoms with Crippen LogP contribution in [-0.2, 0) is 16.6 Å². The standard InChI is InChI=1S/C20H19BrN2O5S/c1-14-3-7-18(8-4-14)28-19-9-5-17(6-10-19)23(29(2,26)27)12-15-11-16(21)13-22(25)20(15)24/h3-11,13,25H,12H2,1-2H3. The molecule has 1 heterocycles. The summed E-state index contributed by atoms with van der Waals surface area (Å²) in [4.78, 5) is 12.1. The Labute approximate surface area is 176 Å². The minimum Gasteiger partial charge on any atom is -0.457 e. The van der Waals surface area contributed by atoms with Crippen LogP contribution in [0.1, 0.15) is 11.1 Å². The van der Waals surface area contributed by atoms with Crippen molar-refractivity contribution in [2.45, 2.75) is 13.5 Å². The van der Waals surface area contributed by atoms with E-state index in [1.165, 1.54) is 12.3 Å². The van der Waals surface area contributed by atoms with E-state index in [0.717, 1.165) is 16.1 Å². The molecule has 0 aliphatic rings. The number of benzene rings is 2. The van der Waals surface area contributed by atoms with Gasteiger partial charge in [-0.3, -0.25) is 9.10 Å². The highest BCUT2D eigenvalue weighted by Crippen LogP contribution is 2.27. The Hall–Kier alpha value is -2.78. The normalized spacial score (nSPS) is 11.3. The summed E-state index contributed by atoms with van der Waals surface area (Å²) in [6, 6.07) is 15.5. The van der Waals surface area contributed by atoms with Crippen LogP contribution in [0.2, 0.25) is 0 Å². The van der Waals surface area contributed by atoms with Gasteiger partial charge in [0.2, 0.25) is 10.0 Å². The van der Waals surface area contributed by atoms with Gasteiger partial charge in [0.25, 0.3) is 5.56 Å². The van der Waals surface area contributed by atoms with E-state index in [4.69, 9.17) is 4.74 Å². The lowest BCUT2D eigenvalue weighted by atomic mass is 10.2. The van der Waals surface area contributed by atoms with Gasteiger partial charge < -0.3 is 9.94 Å². The van der Waals surface area contributed by atoms with Gasteiger partial charge in [0.1, 0.15) is 11.5 Å². The maximum atomic E-state index is 12.3. The molecule has 0 bridgehead atoms. The molecule has 3 rings (SSSR count). The fourth-order valence-electron chi connectivity index (χ4n) is 2.68. The lowest BCUT2D eigenvalue weighted by Crippen LogP contribution is -2.33. The number of nitrogens with zero attached hydrogens (tertiary/aromatic N) is 2. The van der Waals surface area contributed by atoms with Crippen molar-refractivity contribution >= 4 is 31.6 Å². The number of aryl methyl sites for hydroxylation is 1. The van der Waals surface area contributed by atoms with Crippen LogP contribution in [0.4, 0.5) is 5.69 Å². The second kappa shape index (κ2) is 8.30. The lowest BCUT2D eigenvalue weighted by Gasteiger charge is -2.22. The molecular weight excluding hydrogens is 460 g/mol. The predicted octanol–water partition coefficient (Wildman–Crippen LogP) is 3.92. The van der Waals surface area contributed by atoms with Crippen molar-refractivity contribution < 1.29 is 18.4 Å². The van der Waals surface area contributed by atoms with E-state index in [1.807, 2.05) is 31.2 Å². The van der Waals surface area contributed by atoms with E-state index in [2.05, 4.69) is 15.9 Å². The van der Waals surface area contributed by atoms with Gasteiger partial charge in [0.05, 0.1) is 24.7 Å². The third-order valence-electron chi connectivity index (χ3n) is 4.14. The van der Waals surface area contributed by atoms with Crippen LogP contribution in [0.15, 0.2) is 70.1 Å². The lowest BCUT2D eigenvalue weighted by molar-refractivity contribution is 0.173. The summed E-state index contributed by atoms with van der Waals surface area (Å²) in [5, 5.41) is 9.65. The van der Waals surface area contributed by atoms with Gasteiger partial charge in [-0.2, -0.15) is 4.73 Å². The van der Waals surface area contributed by atoms with Crippen LogP contribution in [0.25, 0.3) is 0 Å². The van der Waals surface area contributed by atoms with Crippen LogP contribution in [0, 0.1) is 6.92 Å². The van der Waals surface area contributed by atoms with Crippen molar-refractivity contribution in [3.05, 3.63) is 86.7 Å². The first-order valence-electron chi connectivity index (χ1n) is 8.56. The molecule has 29 heavy (non-hydrogen) atoms. The number of anilines is 1. The molecule has 0 fully saturated rings. The number of rotatable bonds is 6. The Morgan fingerprint density at radius 1 is 1.07 bits per heavy atom. The SMILES string of the molecule is Cc1ccc(Oc2ccc(N(Cc3cc(Br)cn(O)c3=O)S(C)(=O)=O)cc2)cc1. The fourth-order valence-corrected chi connectivity index (χ4v) is 4.03. The summed E-state index contributed by atoms with van der Waals surface area (Å²) in [5.74, 6) is 1.21. The zero-order valence-corrected chi connectivity index (χ0v) is 18.1. The highest BCUT2D eigenvalue weighted by atomic mass is 79.9. The molecule has 0 amide bonds. The molecule has 0 spiro atoms. The Bertz CT molecular complexity index is 1170. The fraction of sp³-hybridized carbons (Fsp3) is 0.150. The number of pyridine rings is 1. The van der Waals surface area contributed by atoms with E-state index >= 15 is 0 Å². The van der Waals surface area contributed by atoms with Crippen LogP contribution >= 0.6 is 15.9 Å². The smallest absolute Gasteiger partial charge is 0.287 e. The monoisotopic (exact) mass is 478 g/mol. The van der Waals surface area contributed by atoms with Gasteiger partial charge >= 0.3 is 0 Å². The largest absolute Gasteiger partial charge is 0.457 e. The summed E-state index contributed by atoms with van der Waals surface area (Å²) in [6.45, 7) is 1.75. The molecule has 7 nitrogen and oxygen atoms in total. The second-order valence-corrected chi connectivity index (χ2v) is 9.33. The average molecular weight is 479 g/mol. The predicted molar refractivity (Wildman–Crippen MR) is 114 cm³/mol. The molecule has 0 aliphatic carbocycles. The molecule has 152 valence electrons. The molecule has 0 unspecified atom stereocenters. The van der Waals surface area contributed by atoms with E-state index in [9.17, 15) is 18.4 Å². The summed E-state index contributed by atoms with van der Waals surface area (Å²) >= 11 is 3.19. The van der Waals surface area contributed by atoms with Gasteiger partial charge in [-0.1, -0.05) is 17.7 Å². The Kier molecular flexibility index (Phi) is 5.99. The second-order valence-electron chi connectivity index (χ2n) is 6.51. The number of ether oxygens (including phenoxy) is 1. The highest BCUT2D eigenvalue weighted by Gasteiger charge is 2.20. The van der Waals surface area contributed by atoms with Gasteiger partial charge in [0.15, 0.2) is 0 Å². The summed E-state index contributed by atoms with van der Waals surface area (Å²) in [7, 11) is -3.69. The van der Waals surface area contributed by atoms with E-state index in [-0.39, 0.29) is 12.1 Å². The van der Waals surface area contributed by atoms with Crippen molar-refractivity contribution in [3.8, 4) is 11.5 Å². The quantitative estimate of drug-likeness (QED) is 0.542. The molecular formula is C20H19BrN2O5S. The summed E-state index contributed by atoms with van der Waals surface area (Å²) in [6.07, 6.45) is 2.24. The molecule has 1 N–H and O–H groups in total. The van der Waals surface area contributed by atoms with Crippen LogP contribution < -0.4 is 14.6 Å². The van der Waals surface area contributed by atoms with Crippen molar-refractivity contribution in [2.75, 3.05) is 10.6 Å². The molecule has 0 saturated heterocycles. The first-order chi connectivity index (χ1) is 13.6. The van der Waals surface area contributed by atoms with Crippen molar-refractivity contribution in [2.24, 2.45) is 0 Å². The maximum Gasteiger partial charge on any atom is 0.287 e.